The molecule has 9 aromatic carbocycles. The van der Waals surface area contributed by atoms with Gasteiger partial charge in [-0.2, -0.15) is 0 Å². The molecule has 0 aliphatic rings. The fraction of sp³-hybridized carbons (Fsp3) is 0. The summed E-state index contributed by atoms with van der Waals surface area (Å²) in [6, 6.07) is 71.9. The Labute approximate surface area is 302 Å². The van der Waals surface area contributed by atoms with Crippen LogP contribution in [0.15, 0.2) is 205 Å². The van der Waals surface area contributed by atoms with Crippen LogP contribution < -0.4 is 4.90 Å². The average Bonchev–Trinajstić information content (AvgIpc) is 3.58. The third-order valence-electron chi connectivity index (χ3n) is 10.2. The van der Waals surface area contributed by atoms with Crippen molar-refractivity contribution in [1.82, 2.24) is 0 Å². The maximum absolute atomic E-state index is 6.27. The second-order valence-electron chi connectivity index (χ2n) is 13.4. The van der Waals surface area contributed by atoms with Gasteiger partial charge in [0.25, 0.3) is 0 Å². The molecular weight excluding hydrogens is 631 g/mol. The lowest BCUT2D eigenvalue weighted by Gasteiger charge is -2.27. The predicted octanol–water partition coefficient (Wildman–Crippen LogP) is 14.4. The number of furan rings is 1. The Morgan fingerprint density at radius 1 is 0.269 bits per heavy atom. The number of fused-ring (bicyclic) bond motifs is 6. The monoisotopic (exact) mass is 663 g/mol. The molecule has 0 aliphatic heterocycles. The van der Waals surface area contributed by atoms with Crippen LogP contribution in [-0.4, -0.2) is 0 Å². The Bertz CT molecular complexity index is 2870. The fourth-order valence-electron chi connectivity index (χ4n) is 7.61. The summed E-state index contributed by atoms with van der Waals surface area (Å²) in [5.41, 5.74) is 12.2. The van der Waals surface area contributed by atoms with Gasteiger partial charge < -0.3 is 9.32 Å². The van der Waals surface area contributed by atoms with Crippen molar-refractivity contribution in [3.8, 4) is 33.4 Å². The van der Waals surface area contributed by atoms with Crippen molar-refractivity contribution in [2.24, 2.45) is 0 Å². The maximum Gasteiger partial charge on any atom is 0.136 e. The van der Waals surface area contributed by atoms with Gasteiger partial charge in [0.05, 0.1) is 0 Å². The Balaban J connectivity index is 1.17. The predicted molar refractivity (Wildman–Crippen MR) is 220 cm³/mol. The molecule has 0 fully saturated rings. The standard InChI is InChI=1S/C50H33NO/c1-4-12-34(13-5-1)36-20-22-37(23-21-36)41-28-40(35-14-6-2-7-15-35)29-44(30-41)51(42-16-8-3-9-17-42)43-27-26-38-24-25-39-31-50-48(33-47(39)46(38)32-43)45-18-10-11-19-49(45)52-50/h1-33H. The third-order valence-corrected chi connectivity index (χ3v) is 10.2. The second-order valence-corrected chi connectivity index (χ2v) is 13.4. The molecule has 0 atom stereocenters. The first kappa shape index (κ1) is 30.0. The van der Waals surface area contributed by atoms with Crippen molar-refractivity contribution in [1.29, 1.82) is 0 Å². The Hall–Kier alpha value is -6.90. The van der Waals surface area contributed by atoms with E-state index in [0.717, 1.165) is 50.0 Å². The SMILES string of the molecule is c1ccc(-c2ccc(-c3cc(-c4ccccc4)cc(N(c4ccccc4)c4ccc5ccc6cc7oc8ccccc8c7cc6c5c4)c3)cc2)cc1. The summed E-state index contributed by atoms with van der Waals surface area (Å²) < 4.78 is 6.27. The Kier molecular flexibility index (Phi) is 7.18. The van der Waals surface area contributed by atoms with Gasteiger partial charge in [-0.3, -0.25) is 0 Å². The first-order chi connectivity index (χ1) is 25.7. The number of rotatable bonds is 6. The zero-order chi connectivity index (χ0) is 34.4. The summed E-state index contributed by atoms with van der Waals surface area (Å²) in [4.78, 5) is 2.39. The number of benzene rings is 9. The van der Waals surface area contributed by atoms with Crippen molar-refractivity contribution < 1.29 is 4.42 Å². The van der Waals surface area contributed by atoms with Crippen LogP contribution in [0.1, 0.15) is 0 Å². The van der Waals surface area contributed by atoms with Crippen LogP contribution in [-0.2, 0) is 0 Å². The number of hydrogen-bond acceptors (Lipinski definition) is 2. The highest BCUT2D eigenvalue weighted by Gasteiger charge is 2.17. The molecule has 0 N–H and O–H groups in total. The molecule has 10 rings (SSSR count). The topological polar surface area (TPSA) is 16.4 Å². The van der Waals surface area contributed by atoms with Gasteiger partial charge in [0.1, 0.15) is 11.2 Å². The molecule has 52 heavy (non-hydrogen) atoms. The van der Waals surface area contributed by atoms with Crippen molar-refractivity contribution in [2.75, 3.05) is 4.90 Å². The summed E-state index contributed by atoms with van der Waals surface area (Å²) in [6.45, 7) is 0. The minimum absolute atomic E-state index is 0.914. The van der Waals surface area contributed by atoms with Crippen molar-refractivity contribution >= 4 is 60.5 Å². The van der Waals surface area contributed by atoms with Crippen LogP contribution in [0.25, 0.3) is 76.9 Å². The molecular formula is C50H33NO. The lowest BCUT2D eigenvalue weighted by Crippen LogP contribution is -2.10. The molecule has 0 radical (unpaired) electrons. The van der Waals surface area contributed by atoms with E-state index in [4.69, 9.17) is 4.42 Å². The highest BCUT2D eigenvalue weighted by Crippen LogP contribution is 2.42. The van der Waals surface area contributed by atoms with E-state index in [1.54, 1.807) is 0 Å². The zero-order valence-electron chi connectivity index (χ0n) is 28.4. The molecule has 0 saturated carbocycles. The number of nitrogens with zero attached hydrogens (tertiary/aromatic N) is 1. The van der Waals surface area contributed by atoms with E-state index in [1.165, 1.54) is 44.0 Å². The van der Waals surface area contributed by atoms with Gasteiger partial charge in [-0.05, 0) is 116 Å². The minimum Gasteiger partial charge on any atom is -0.456 e. The van der Waals surface area contributed by atoms with Crippen LogP contribution in [0.2, 0.25) is 0 Å². The first-order valence-corrected chi connectivity index (χ1v) is 17.7. The molecule has 0 unspecified atom stereocenters. The minimum atomic E-state index is 0.914. The van der Waals surface area contributed by atoms with E-state index in [9.17, 15) is 0 Å². The lowest BCUT2D eigenvalue weighted by atomic mass is 9.95. The zero-order valence-corrected chi connectivity index (χ0v) is 28.4. The number of para-hydroxylation sites is 2. The number of hydrogen-bond donors (Lipinski definition) is 0. The van der Waals surface area contributed by atoms with E-state index in [2.05, 4.69) is 193 Å². The van der Waals surface area contributed by atoms with Crippen LogP contribution in [0, 0.1) is 0 Å². The van der Waals surface area contributed by atoms with Gasteiger partial charge in [0.2, 0.25) is 0 Å². The molecule has 1 heterocycles. The van der Waals surface area contributed by atoms with Crippen molar-refractivity contribution in [3.63, 3.8) is 0 Å². The van der Waals surface area contributed by atoms with Crippen LogP contribution >= 0.6 is 0 Å². The molecule has 0 saturated heterocycles. The van der Waals surface area contributed by atoms with E-state index in [-0.39, 0.29) is 0 Å². The molecule has 0 aliphatic carbocycles. The summed E-state index contributed by atoms with van der Waals surface area (Å²) >= 11 is 0. The van der Waals surface area contributed by atoms with E-state index >= 15 is 0 Å². The molecule has 0 spiro atoms. The van der Waals surface area contributed by atoms with Gasteiger partial charge in [-0.25, -0.2) is 0 Å². The fourth-order valence-corrected chi connectivity index (χ4v) is 7.61. The normalized spacial score (nSPS) is 11.5. The molecule has 2 heteroatoms. The van der Waals surface area contributed by atoms with Crippen molar-refractivity contribution in [3.05, 3.63) is 200 Å². The quantitative estimate of drug-likeness (QED) is 0.165. The first-order valence-electron chi connectivity index (χ1n) is 17.7. The Morgan fingerprint density at radius 2 is 0.808 bits per heavy atom. The molecule has 0 amide bonds. The molecule has 244 valence electrons. The molecule has 10 aromatic rings. The van der Waals surface area contributed by atoms with Crippen LogP contribution in [0.5, 0.6) is 0 Å². The van der Waals surface area contributed by atoms with Gasteiger partial charge in [0.15, 0.2) is 0 Å². The highest BCUT2D eigenvalue weighted by molar-refractivity contribution is 6.17. The third kappa shape index (κ3) is 5.30. The van der Waals surface area contributed by atoms with E-state index < -0.39 is 0 Å². The second kappa shape index (κ2) is 12.5. The van der Waals surface area contributed by atoms with Gasteiger partial charge in [-0.15, -0.1) is 0 Å². The van der Waals surface area contributed by atoms with Gasteiger partial charge in [0, 0.05) is 27.8 Å². The molecule has 0 bridgehead atoms. The maximum atomic E-state index is 6.27. The molecule has 1 aromatic heterocycles. The molecule has 2 nitrogen and oxygen atoms in total. The number of anilines is 3. The van der Waals surface area contributed by atoms with E-state index in [1.807, 2.05) is 12.1 Å². The summed E-state index contributed by atoms with van der Waals surface area (Å²) in [5, 5.41) is 7.06. The Morgan fingerprint density at radius 3 is 1.52 bits per heavy atom. The summed E-state index contributed by atoms with van der Waals surface area (Å²) in [5.74, 6) is 0. The van der Waals surface area contributed by atoms with Gasteiger partial charge >= 0.3 is 0 Å². The average molecular weight is 664 g/mol. The van der Waals surface area contributed by atoms with E-state index in [0.29, 0.717) is 0 Å². The lowest BCUT2D eigenvalue weighted by molar-refractivity contribution is 0.669. The van der Waals surface area contributed by atoms with Crippen molar-refractivity contribution in [2.45, 2.75) is 0 Å². The summed E-state index contributed by atoms with van der Waals surface area (Å²) in [7, 11) is 0. The van der Waals surface area contributed by atoms with Crippen LogP contribution in [0.4, 0.5) is 17.1 Å². The smallest absolute Gasteiger partial charge is 0.136 e. The summed E-state index contributed by atoms with van der Waals surface area (Å²) in [6.07, 6.45) is 0. The largest absolute Gasteiger partial charge is 0.456 e. The highest BCUT2D eigenvalue weighted by atomic mass is 16.3. The van der Waals surface area contributed by atoms with Crippen LogP contribution in [0.3, 0.4) is 0 Å². The van der Waals surface area contributed by atoms with Gasteiger partial charge in [-0.1, -0.05) is 140 Å².